The molecule has 1 aliphatic rings. The van der Waals surface area contributed by atoms with E-state index in [1.807, 2.05) is 25.3 Å². The second-order valence-electron chi connectivity index (χ2n) is 6.89. The molecule has 0 aliphatic carbocycles. The van der Waals surface area contributed by atoms with E-state index in [2.05, 4.69) is 15.4 Å². The molecule has 1 saturated heterocycles. The summed E-state index contributed by atoms with van der Waals surface area (Å²) in [5, 5.41) is 9.64. The number of sulfone groups is 1. The summed E-state index contributed by atoms with van der Waals surface area (Å²) < 4.78 is 30.6. The lowest BCUT2D eigenvalue weighted by molar-refractivity contribution is -0.115. The highest BCUT2D eigenvalue weighted by molar-refractivity contribution is 7.91. The Morgan fingerprint density at radius 3 is 2.93 bits per heavy atom. The molecule has 3 aromatic heterocycles. The van der Waals surface area contributed by atoms with Crippen molar-refractivity contribution >= 4 is 32.2 Å². The van der Waals surface area contributed by atoms with Crippen LogP contribution in [0.15, 0.2) is 28.2 Å². The second-order valence-corrected chi connectivity index (χ2v) is 9.98. The number of nitrogens with one attached hydrogen (secondary N) is 1. The Labute approximate surface area is 166 Å². The van der Waals surface area contributed by atoms with E-state index in [9.17, 15) is 13.2 Å². The number of thiazole rings is 1. The maximum Gasteiger partial charge on any atom is 0.230 e. The normalized spacial score (nSPS) is 18.4. The lowest BCUT2D eigenvalue weighted by Gasteiger charge is -2.11. The van der Waals surface area contributed by atoms with Crippen molar-refractivity contribution in [3.63, 3.8) is 0 Å². The van der Waals surface area contributed by atoms with Crippen LogP contribution in [0.5, 0.6) is 0 Å². The fourth-order valence-corrected chi connectivity index (χ4v) is 5.88. The minimum absolute atomic E-state index is 0.106. The van der Waals surface area contributed by atoms with Crippen LogP contribution in [0.25, 0.3) is 11.5 Å². The summed E-state index contributed by atoms with van der Waals surface area (Å²) in [6.07, 6.45) is 2.29. The number of rotatable bonds is 5. The third-order valence-electron chi connectivity index (χ3n) is 4.89. The first-order valence-electron chi connectivity index (χ1n) is 8.86. The zero-order chi connectivity index (χ0) is 19.9. The van der Waals surface area contributed by atoms with Gasteiger partial charge in [0.05, 0.1) is 35.9 Å². The fraction of sp³-hybridized carbons (Fsp3) is 0.389. The van der Waals surface area contributed by atoms with Gasteiger partial charge in [-0.2, -0.15) is 5.10 Å². The smallest absolute Gasteiger partial charge is 0.230 e. The third-order valence-corrected chi connectivity index (χ3v) is 7.40. The first-order chi connectivity index (χ1) is 13.3. The zero-order valence-corrected chi connectivity index (χ0v) is 17.1. The summed E-state index contributed by atoms with van der Waals surface area (Å²) in [7, 11) is -3.00. The molecule has 0 aromatic carbocycles. The van der Waals surface area contributed by atoms with Crippen molar-refractivity contribution in [1.82, 2.24) is 14.8 Å². The zero-order valence-electron chi connectivity index (χ0n) is 15.5. The van der Waals surface area contributed by atoms with Gasteiger partial charge in [0, 0.05) is 16.6 Å². The van der Waals surface area contributed by atoms with Crippen molar-refractivity contribution in [2.45, 2.75) is 32.7 Å². The molecule has 10 heteroatoms. The largest absolute Gasteiger partial charge is 0.463 e. The van der Waals surface area contributed by atoms with Crippen molar-refractivity contribution in [2.75, 3.05) is 16.8 Å². The van der Waals surface area contributed by atoms with Crippen molar-refractivity contribution in [1.29, 1.82) is 0 Å². The van der Waals surface area contributed by atoms with Gasteiger partial charge >= 0.3 is 0 Å². The summed E-state index contributed by atoms with van der Waals surface area (Å²) in [4.78, 5) is 16.9. The molecule has 4 heterocycles. The van der Waals surface area contributed by atoms with E-state index in [0.717, 1.165) is 17.0 Å². The summed E-state index contributed by atoms with van der Waals surface area (Å²) in [5.41, 5.74) is 3.08. The minimum atomic E-state index is -3.00. The maximum atomic E-state index is 12.5. The molecule has 0 saturated carbocycles. The van der Waals surface area contributed by atoms with Gasteiger partial charge in [-0.3, -0.25) is 9.48 Å². The Hall–Kier alpha value is -2.46. The summed E-state index contributed by atoms with van der Waals surface area (Å²) in [5.74, 6) is 0.754. The molecular weight excluding hydrogens is 400 g/mol. The number of carbonyl (C=O) groups excluding carboxylic acids is 1. The molecule has 1 atom stereocenters. The third kappa shape index (κ3) is 3.74. The summed E-state index contributed by atoms with van der Waals surface area (Å²) in [6.45, 7) is 3.72. The monoisotopic (exact) mass is 420 g/mol. The predicted molar refractivity (Wildman–Crippen MR) is 106 cm³/mol. The summed E-state index contributed by atoms with van der Waals surface area (Å²) in [6, 6.07) is 3.44. The Morgan fingerprint density at radius 2 is 2.25 bits per heavy atom. The molecule has 8 nitrogen and oxygen atoms in total. The molecule has 1 N–H and O–H groups in total. The maximum absolute atomic E-state index is 12.5. The van der Waals surface area contributed by atoms with Gasteiger partial charge in [0.2, 0.25) is 5.91 Å². The van der Waals surface area contributed by atoms with Gasteiger partial charge in [0.1, 0.15) is 5.69 Å². The van der Waals surface area contributed by atoms with Gasteiger partial charge in [0.25, 0.3) is 0 Å². The lowest BCUT2D eigenvalue weighted by Crippen LogP contribution is -2.16. The molecule has 1 amide bonds. The Bertz CT molecular complexity index is 1110. The number of furan rings is 1. The van der Waals surface area contributed by atoms with E-state index in [1.54, 1.807) is 17.0 Å². The van der Waals surface area contributed by atoms with Crippen LogP contribution in [-0.4, -0.2) is 40.6 Å². The van der Waals surface area contributed by atoms with Gasteiger partial charge in [-0.1, -0.05) is 0 Å². The molecule has 1 fully saturated rings. The molecular formula is C18H20N4O4S2. The molecule has 28 heavy (non-hydrogen) atoms. The summed E-state index contributed by atoms with van der Waals surface area (Å²) >= 11 is 1.33. The topological polar surface area (TPSA) is 107 Å². The number of anilines is 1. The van der Waals surface area contributed by atoms with Crippen LogP contribution in [0.1, 0.15) is 29.4 Å². The SMILES string of the molecule is Cc1nn([C@@H]2CCS(=O)(=O)C2)c(C)c1CC(=O)Nc1nc(-c2ccco2)cs1. The molecule has 148 valence electrons. The Morgan fingerprint density at radius 1 is 1.43 bits per heavy atom. The van der Waals surface area contributed by atoms with Crippen molar-refractivity contribution < 1.29 is 17.6 Å². The van der Waals surface area contributed by atoms with Crippen LogP contribution in [-0.2, 0) is 21.1 Å². The molecule has 0 unspecified atom stereocenters. The molecule has 3 aromatic rings. The van der Waals surface area contributed by atoms with E-state index in [0.29, 0.717) is 23.0 Å². The van der Waals surface area contributed by atoms with Gasteiger partial charge < -0.3 is 9.73 Å². The first-order valence-corrected chi connectivity index (χ1v) is 11.6. The van der Waals surface area contributed by atoms with Crippen LogP contribution < -0.4 is 5.32 Å². The van der Waals surface area contributed by atoms with Crippen LogP contribution in [0, 0.1) is 13.8 Å². The highest BCUT2D eigenvalue weighted by Crippen LogP contribution is 2.28. The fourth-order valence-electron chi connectivity index (χ4n) is 3.47. The van der Waals surface area contributed by atoms with Gasteiger partial charge in [-0.05, 0) is 32.4 Å². The first kappa shape index (κ1) is 18.9. The van der Waals surface area contributed by atoms with E-state index in [-0.39, 0.29) is 29.9 Å². The number of amides is 1. The van der Waals surface area contributed by atoms with Crippen LogP contribution in [0.2, 0.25) is 0 Å². The van der Waals surface area contributed by atoms with Gasteiger partial charge in [0.15, 0.2) is 20.7 Å². The Kier molecular flexibility index (Phi) is 4.84. The molecule has 0 spiro atoms. The molecule has 0 bridgehead atoms. The van der Waals surface area contributed by atoms with Gasteiger partial charge in [-0.15, -0.1) is 11.3 Å². The highest BCUT2D eigenvalue weighted by Gasteiger charge is 2.31. The van der Waals surface area contributed by atoms with Crippen molar-refractivity contribution in [3.8, 4) is 11.5 Å². The second kappa shape index (κ2) is 7.17. The van der Waals surface area contributed by atoms with E-state index in [4.69, 9.17) is 4.42 Å². The van der Waals surface area contributed by atoms with Crippen LogP contribution in [0.3, 0.4) is 0 Å². The molecule has 0 radical (unpaired) electrons. The van der Waals surface area contributed by atoms with Crippen LogP contribution in [0.4, 0.5) is 5.13 Å². The van der Waals surface area contributed by atoms with Crippen molar-refractivity contribution in [3.05, 3.63) is 40.7 Å². The molecule has 1 aliphatic heterocycles. The average molecular weight is 421 g/mol. The number of aryl methyl sites for hydroxylation is 1. The predicted octanol–water partition coefficient (Wildman–Crippen LogP) is 2.76. The van der Waals surface area contributed by atoms with E-state index in [1.165, 1.54) is 11.3 Å². The number of hydrogen-bond acceptors (Lipinski definition) is 7. The Balaban J connectivity index is 1.46. The lowest BCUT2D eigenvalue weighted by atomic mass is 10.1. The quantitative estimate of drug-likeness (QED) is 0.680. The van der Waals surface area contributed by atoms with E-state index >= 15 is 0 Å². The number of hydrogen-bond donors (Lipinski definition) is 1. The van der Waals surface area contributed by atoms with E-state index < -0.39 is 9.84 Å². The number of aromatic nitrogens is 3. The minimum Gasteiger partial charge on any atom is -0.463 e. The number of carbonyl (C=O) groups is 1. The van der Waals surface area contributed by atoms with Gasteiger partial charge in [-0.25, -0.2) is 13.4 Å². The highest BCUT2D eigenvalue weighted by atomic mass is 32.2. The average Bonchev–Trinajstić information content (AvgIpc) is 3.39. The van der Waals surface area contributed by atoms with Crippen LogP contribution >= 0.6 is 11.3 Å². The molecule has 4 rings (SSSR count). The number of nitrogens with zero attached hydrogens (tertiary/aromatic N) is 3. The van der Waals surface area contributed by atoms with Crippen molar-refractivity contribution in [2.24, 2.45) is 0 Å². The standard InChI is InChI=1S/C18H20N4O4S2/c1-11-14(12(2)22(21-11)13-5-7-28(24,25)10-13)8-17(23)20-18-19-15(9-27-18)16-4-3-6-26-16/h3-4,6,9,13H,5,7-8,10H2,1-2H3,(H,19,20,23)/t13-/m1/s1.